The fourth-order valence-corrected chi connectivity index (χ4v) is 3.58. The summed E-state index contributed by atoms with van der Waals surface area (Å²) < 4.78 is 14.2. The van der Waals surface area contributed by atoms with E-state index in [9.17, 15) is 14.0 Å². The summed E-state index contributed by atoms with van der Waals surface area (Å²) in [6, 6.07) is 9.51. The first-order valence-corrected chi connectivity index (χ1v) is 8.83. The van der Waals surface area contributed by atoms with Crippen molar-refractivity contribution >= 4 is 23.5 Å². The smallest absolute Gasteiger partial charge is 0.335 e. The van der Waals surface area contributed by atoms with Gasteiger partial charge >= 0.3 is 5.97 Å². The number of rotatable bonds is 3. The van der Waals surface area contributed by atoms with Gasteiger partial charge in [-0.3, -0.25) is 4.79 Å². The van der Waals surface area contributed by atoms with E-state index in [0.717, 1.165) is 18.4 Å². The lowest BCUT2D eigenvalue weighted by Gasteiger charge is -2.33. The summed E-state index contributed by atoms with van der Waals surface area (Å²) in [6.07, 6.45) is 1.68. The van der Waals surface area contributed by atoms with Crippen molar-refractivity contribution in [3.05, 3.63) is 69.5 Å². The molecule has 0 radical (unpaired) electrons. The van der Waals surface area contributed by atoms with Gasteiger partial charge < -0.3 is 10.0 Å². The van der Waals surface area contributed by atoms with Crippen LogP contribution >= 0.6 is 11.6 Å². The third-order valence-corrected chi connectivity index (χ3v) is 5.32. The Morgan fingerprint density at radius 1 is 1.19 bits per heavy atom. The molecule has 0 bridgehead atoms. The van der Waals surface area contributed by atoms with Crippen molar-refractivity contribution in [3.8, 4) is 0 Å². The number of aromatic carboxylic acids is 1. The lowest BCUT2D eigenvalue weighted by molar-refractivity contribution is 0.0692. The monoisotopic (exact) mass is 375 g/mol. The molecule has 0 saturated carbocycles. The molecule has 1 aliphatic heterocycles. The summed E-state index contributed by atoms with van der Waals surface area (Å²) in [5, 5.41) is 9.16. The summed E-state index contributed by atoms with van der Waals surface area (Å²) in [4.78, 5) is 25.4. The Kier molecular flexibility index (Phi) is 5.28. The van der Waals surface area contributed by atoms with E-state index < -0.39 is 17.7 Å². The van der Waals surface area contributed by atoms with Crippen LogP contribution in [0.1, 0.15) is 50.6 Å². The normalized spacial score (nSPS) is 17.2. The molecule has 26 heavy (non-hydrogen) atoms. The Balaban J connectivity index is 1.81. The maximum atomic E-state index is 14.2. The molecule has 1 amide bonds. The van der Waals surface area contributed by atoms with E-state index in [1.165, 1.54) is 6.07 Å². The van der Waals surface area contributed by atoms with Crippen LogP contribution in [0.25, 0.3) is 0 Å². The number of carboxylic acids is 1. The van der Waals surface area contributed by atoms with Gasteiger partial charge in [-0.05, 0) is 49.1 Å². The number of piperidine rings is 1. The minimum Gasteiger partial charge on any atom is -0.478 e. The van der Waals surface area contributed by atoms with Crippen LogP contribution < -0.4 is 0 Å². The van der Waals surface area contributed by atoms with Crippen LogP contribution in [-0.2, 0) is 0 Å². The maximum Gasteiger partial charge on any atom is 0.335 e. The van der Waals surface area contributed by atoms with Crippen molar-refractivity contribution < 1.29 is 19.1 Å². The Labute approximate surface area is 156 Å². The molecule has 2 aromatic rings. The molecule has 3 rings (SSSR count). The van der Waals surface area contributed by atoms with Crippen molar-refractivity contribution in [2.75, 3.05) is 13.1 Å². The van der Waals surface area contributed by atoms with Crippen LogP contribution in [0.2, 0.25) is 5.02 Å². The highest BCUT2D eigenvalue weighted by Gasteiger charge is 2.28. The van der Waals surface area contributed by atoms with E-state index in [-0.39, 0.29) is 22.1 Å². The number of carboxylic acid groups (broad SMARTS) is 1. The molecule has 4 nitrogen and oxygen atoms in total. The van der Waals surface area contributed by atoms with Crippen LogP contribution in [0.15, 0.2) is 36.4 Å². The lowest BCUT2D eigenvalue weighted by Crippen LogP contribution is -2.39. The third-order valence-electron chi connectivity index (χ3n) is 4.84. The van der Waals surface area contributed by atoms with Gasteiger partial charge in [0, 0.05) is 19.0 Å². The van der Waals surface area contributed by atoms with Gasteiger partial charge in [-0.1, -0.05) is 29.8 Å². The van der Waals surface area contributed by atoms with Crippen molar-refractivity contribution in [2.24, 2.45) is 0 Å². The SMILES string of the molecule is Cc1ccc(F)c(C(=O)N2CCCC(c3ccc(C(=O)O)cc3)C2)c1Cl. The number of benzene rings is 2. The highest BCUT2D eigenvalue weighted by Crippen LogP contribution is 2.30. The van der Waals surface area contributed by atoms with Crippen molar-refractivity contribution in [1.29, 1.82) is 0 Å². The Morgan fingerprint density at radius 2 is 1.88 bits per heavy atom. The van der Waals surface area contributed by atoms with Gasteiger partial charge in [-0.25, -0.2) is 9.18 Å². The zero-order chi connectivity index (χ0) is 18.8. The molecule has 1 saturated heterocycles. The molecule has 1 unspecified atom stereocenters. The second-order valence-corrected chi connectivity index (χ2v) is 6.95. The fraction of sp³-hybridized carbons (Fsp3) is 0.300. The largest absolute Gasteiger partial charge is 0.478 e. The fourth-order valence-electron chi connectivity index (χ4n) is 3.34. The van der Waals surface area contributed by atoms with Gasteiger partial charge in [-0.15, -0.1) is 0 Å². The first-order valence-electron chi connectivity index (χ1n) is 8.45. The van der Waals surface area contributed by atoms with Gasteiger partial charge in [0.15, 0.2) is 0 Å². The van der Waals surface area contributed by atoms with Crippen molar-refractivity contribution in [2.45, 2.75) is 25.7 Å². The number of halogens is 2. The molecular formula is C20H19ClFNO3. The average Bonchev–Trinajstić information content (AvgIpc) is 2.65. The molecule has 6 heteroatoms. The number of likely N-dealkylation sites (tertiary alicyclic amines) is 1. The van der Waals surface area contributed by atoms with Crippen LogP contribution in [0, 0.1) is 12.7 Å². The number of hydrogen-bond acceptors (Lipinski definition) is 2. The van der Waals surface area contributed by atoms with Crippen molar-refractivity contribution in [1.82, 2.24) is 4.90 Å². The third kappa shape index (κ3) is 3.58. The average molecular weight is 376 g/mol. The number of carbonyl (C=O) groups excluding carboxylic acids is 1. The number of nitrogens with zero attached hydrogens (tertiary/aromatic N) is 1. The van der Waals surface area contributed by atoms with Gasteiger partial charge in [0.05, 0.1) is 16.1 Å². The highest BCUT2D eigenvalue weighted by molar-refractivity contribution is 6.34. The zero-order valence-electron chi connectivity index (χ0n) is 14.3. The summed E-state index contributed by atoms with van der Waals surface area (Å²) >= 11 is 6.17. The molecular weight excluding hydrogens is 357 g/mol. The Bertz CT molecular complexity index is 851. The molecule has 136 valence electrons. The number of aryl methyl sites for hydroxylation is 1. The first kappa shape index (κ1) is 18.4. The van der Waals surface area contributed by atoms with E-state index in [0.29, 0.717) is 18.7 Å². The van der Waals surface area contributed by atoms with Crippen LogP contribution in [0.4, 0.5) is 4.39 Å². The zero-order valence-corrected chi connectivity index (χ0v) is 15.1. The van der Waals surface area contributed by atoms with E-state index in [1.54, 1.807) is 42.2 Å². The molecule has 1 fully saturated rings. The van der Waals surface area contributed by atoms with E-state index in [2.05, 4.69) is 0 Å². The Hall–Kier alpha value is -2.40. The molecule has 0 aliphatic carbocycles. The first-order chi connectivity index (χ1) is 12.4. The second kappa shape index (κ2) is 7.46. The summed E-state index contributed by atoms with van der Waals surface area (Å²) in [5.41, 5.74) is 1.79. The standard InChI is InChI=1S/C20H19ClFNO3/c1-12-4-9-16(22)17(18(12)21)19(24)23-10-2-3-15(11-23)13-5-7-14(8-6-13)20(25)26/h4-9,15H,2-3,10-11H2,1H3,(H,25,26). The molecule has 2 aromatic carbocycles. The lowest BCUT2D eigenvalue weighted by atomic mass is 9.89. The topological polar surface area (TPSA) is 57.6 Å². The summed E-state index contributed by atoms with van der Waals surface area (Å²) in [5.74, 6) is -1.90. The van der Waals surface area contributed by atoms with E-state index >= 15 is 0 Å². The minimum atomic E-state index is -0.971. The summed E-state index contributed by atoms with van der Waals surface area (Å²) in [6.45, 7) is 2.74. The maximum absolute atomic E-state index is 14.2. The van der Waals surface area contributed by atoms with Crippen LogP contribution in [0.5, 0.6) is 0 Å². The highest BCUT2D eigenvalue weighted by atomic mass is 35.5. The van der Waals surface area contributed by atoms with Crippen molar-refractivity contribution in [3.63, 3.8) is 0 Å². The minimum absolute atomic E-state index is 0.0754. The summed E-state index contributed by atoms with van der Waals surface area (Å²) in [7, 11) is 0. The number of carbonyl (C=O) groups is 2. The molecule has 1 N–H and O–H groups in total. The number of hydrogen-bond donors (Lipinski definition) is 1. The molecule has 1 heterocycles. The van der Waals surface area contributed by atoms with Crippen LogP contribution in [0.3, 0.4) is 0 Å². The van der Waals surface area contributed by atoms with Gasteiger partial charge in [0.1, 0.15) is 5.82 Å². The molecule has 1 aliphatic rings. The molecule has 1 atom stereocenters. The Morgan fingerprint density at radius 3 is 2.54 bits per heavy atom. The molecule has 0 aromatic heterocycles. The second-order valence-electron chi connectivity index (χ2n) is 6.57. The quantitative estimate of drug-likeness (QED) is 0.858. The predicted octanol–water partition coefficient (Wildman–Crippen LogP) is 4.51. The van der Waals surface area contributed by atoms with Crippen LogP contribution in [-0.4, -0.2) is 35.0 Å². The van der Waals surface area contributed by atoms with Gasteiger partial charge in [0.2, 0.25) is 0 Å². The predicted molar refractivity (Wildman–Crippen MR) is 97.4 cm³/mol. The van der Waals surface area contributed by atoms with E-state index in [4.69, 9.17) is 16.7 Å². The van der Waals surface area contributed by atoms with E-state index in [1.807, 2.05) is 0 Å². The number of amides is 1. The van der Waals surface area contributed by atoms with Gasteiger partial charge in [0.25, 0.3) is 5.91 Å². The molecule has 0 spiro atoms. The van der Waals surface area contributed by atoms with Gasteiger partial charge in [-0.2, -0.15) is 0 Å².